The Morgan fingerprint density at radius 2 is 1.90 bits per heavy atom. The van der Waals surface area contributed by atoms with Crippen molar-refractivity contribution in [2.24, 2.45) is 28.1 Å². The van der Waals surface area contributed by atoms with Gasteiger partial charge in [0.05, 0.1) is 12.2 Å². The van der Waals surface area contributed by atoms with Crippen molar-refractivity contribution in [3.05, 3.63) is 47.9 Å². The molecule has 0 saturated carbocycles. The summed E-state index contributed by atoms with van der Waals surface area (Å²) >= 11 is 0. The molecule has 0 heterocycles. The van der Waals surface area contributed by atoms with Crippen LogP contribution in [0.5, 0.6) is 0 Å². The first-order chi connectivity index (χ1) is 9.46. The highest BCUT2D eigenvalue weighted by molar-refractivity contribution is 5.96. The minimum absolute atomic E-state index is 0.288. The normalized spacial score (nSPS) is 16.1. The number of aliphatic imine (C=N–C) groups is 1. The smallest absolute Gasteiger partial charge is 0.144 e. The van der Waals surface area contributed by atoms with Crippen molar-refractivity contribution in [2.75, 3.05) is 6.54 Å². The maximum atomic E-state index is 5.83. The van der Waals surface area contributed by atoms with Crippen molar-refractivity contribution >= 4 is 5.84 Å². The van der Waals surface area contributed by atoms with Gasteiger partial charge >= 0.3 is 0 Å². The van der Waals surface area contributed by atoms with Crippen LogP contribution < -0.4 is 17.2 Å². The zero-order chi connectivity index (χ0) is 15.5. The average Bonchev–Trinajstić information content (AvgIpc) is 2.47. The Bertz CT molecular complexity index is 428. The molecule has 0 aliphatic rings. The fraction of sp³-hybridized carbons (Fsp3) is 0.438. The largest absolute Gasteiger partial charge is 0.400 e. The molecule has 0 spiro atoms. The van der Waals surface area contributed by atoms with E-state index in [-0.39, 0.29) is 5.84 Å². The van der Waals surface area contributed by atoms with Crippen LogP contribution in [0.25, 0.3) is 0 Å². The van der Waals surface area contributed by atoms with Crippen molar-refractivity contribution in [3.8, 4) is 0 Å². The van der Waals surface area contributed by atoms with Gasteiger partial charge in [0, 0.05) is 5.70 Å². The number of allylic oxidation sites excluding steroid dienone is 4. The molecule has 0 aromatic heterocycles. The van der Waals surface area contributed by atoms with Crippen molar-refractivity contribution in [1.82, 2.24) is 0 Å². The Morgan fingerprint density at radius 3 is 2.40 bits per heavy atom. The summed E-state index contributed by atoms with van der Waals surface area (Å²) in [7, 11) is 0. The molecule has 0 rings (SSSR count). The maximum Gasteiger partial charge on any atom is 0.144 e. The highest BCUT2D eigenvalue weighted by Crippen LogP contribution is 2.07. The van der Waals surface area contributed by atoms with E-state index in [2.05, 4.69) is 37.6 Å². The van der Waals surface area contributed by atoms with Gasteiger partial charge < -0.3 is 17.2 Å². The number of nitrogens with two attached hydrogens (primary N) is 3. The molecule has 0 radical (unpaired) electrons. The summed E-state index contributed by atoms with van der Waals surface area (Å²) in [5.41, 5.74) is 19.4. The monoisotopic (exact) mass is 276 g/mol. The molecule has 0 amide bonds. The van der Waals surface area contributed by atoms with Gasteiger partial charge in [0.2, 0.25) is 0 Å². The molecule has 0 aromatic carbocycles. The van der Waals surface area contributed by atoms with Gasteiger partial charge in [-0.25, -0.2) is 0 Å². The van der Waals surface area contributed by atoms with Crippen LogP contribution >= 0.6 is 0 Å². The predicted molar refractivity (Wildman–Crippen MR) is 89.1 cm³/mol. The number of hydrogen-bond acceptors (Lipinski definition) is 3. The lowest BCUT2D eigenvalue weighted by atomic mass is 10.1. The van der Waals surface area contributed by atoms with E-state index in [1.807, 2.05) is 13.0 Å². The van der Waals surface area contributed by atoms with Gasteiger partial charge in [-0.15, -0.1) is 0 Å². The molecule has 1 unspecified atom stereocenters. The van der Waals surface area contributed by atoms with E-state index in [1.165, 1.54) is 0 Å². The molecule has 6 N–H and O–H groups in total. The van der Waals surface area contributed by atoms with Gasteiger partial charge in [-0.3, -0.25) is 4.99 Å². The molecule has 1 atom stereocenters. The maximum absolute atomic E-state index is 5.83. The van der Waals surface area contributed by atoms with Crippen LogP contribution in [-0.2, 0) is 0 Å². The van der Waals surface area contributed by atoms with Crippen molar-refractivity contribution in [3.63, 3.8) is 0 Å². The van der Waals surface area contributed by atoms with Gasteiger partial charge in [-0.05, 0) is 17.9 Å². The molecular formula is C16H28N4. The number of hydrogen-bond donors (Lipinski definition) is 3. The van der Waals surface area contributed by atoms with Crippen molar-refractivity contribution < 1.29 is 0 Å². The van der Waals surface area contributed by atoms with Gasteiger partial charge in [0.1, 0.15) is 5.84 Å². The first-order valence-corrected chi connectivity index (χ1v) is 7.00. The van der Waals surface area contributed by atoms with Gasteiger partial charge in [-0.1, -0.05) is 58.1 Å². The summed E-state index contributed by atoms with van der Waals surface area (Å²) in [4.78, 5) is 4.28. The fourth-order valence-electron chi connectivity index (χ4n) is 1.35. The SMILES string of the molecule is C=C/C=C(\C=C/C(C)CC)CN=C(N)/C(N)=C(\N)CC. The Hall–Kier alpha value is -1.97. The third-order valence-electron chi connectivity index (χ3n) is 3.05. The van der Waals surface area contributed by atoms with Gasteiger partial charge in [0.25, 0.3) is 0 Å². The number of nitrogens with zero attached hydrogens (tertiary/aromatic N) is 1. The van der Waals surface area contributed by atoms with E-state index in [9.17, 15) is 0 Å². The summed E-state index contributed by atoms with van der Waals surface area (Å²) in [6.07, 6.45) is 9.62. The number of rotatable bonds is 8. The molecule has 4 nitrogen and oxygen atoms in total. The lowest BCUT2D eigenvalue weighted by Gasteiger charge is -2.06. The zero-order valence-electron chi connectivity index (χ0n) is 12.9. The Kier molecular flexibility index (Phi) is 8.92. The molecule has 0 saturated heterocycles. The van der Waals surface area contributed by atoms with E-state index < -0.39 is 0 Å². The standard InChI is InChI=1S/C16H28N4/c1-5-8-13(10-9-12(4)6-2)11-20-16(19)15(18)14(17)7-3/h5,8-10,12H,1,6-7,11,17-18H2,2-4H3,(H2,19,20)/b10-9-,13-8+,15-14+. The van der Waals surface area contributed by atoms with Crippen LogP contribution in [0.4, 0.5) is 0 Å². The van der Waals surface area contributed by atoms with Crippen molar-refractivity contribution in [1.29, 1.82) is 0 Å². The summed E-state index contributed by atoms with van der Waals surface area (Å²) in [6.45, 7) is 10.4. The fourth-order valence-corrected chi connectivity index (χ4v) is 1.35. The minimum atomic E-state index is 0.288. The molecule has 0 bridgehead atoms. The highest BCUT2D eigenvalue weighted by atomic mass is 14.9. The van der Waals surface area contributed by atoms with E-state index >= 15 is 0 Å². The second-order valence-electron chi connectivity index (χ2n) is 4.72. The van der Waals surface area contributed by atoms with E-state index in [1.54, 1.807) is 6.08 Å². The lowest BCUT2D eigenvalue weighted by Crippen LogP contribution is -2.25. The summed E-state index contributed by atoms with van der Waals surface area (Å²) in [6, 6.07) is 0. The highest BCUT2D eigenvalue weighted by Gasteiger charge is 2.02. The minimum Gasteiger partial charge on any atom is -0.400 e. The molecular weight excluding hydrogens is 248 g/mol. The summed E-state index contributed by atoms with van der Waals surface area (Å²) in [5, 5.41) is 0. The Balaban J connectivity index is 4.92. The molecule has 20 heavy (non-hydrogen) atoms. The average molecular weight is 276 g/mol. The molecule has 112 valence electrons. The van der Waals surface area contributed by atoms with Crippen LogP contribution in [0.1, 0.15) is 33.6 Å². The topological polar surface area (TPSA) is 90.4 Å². The third kappa shape index (κ3) is 6.83. The number of amidine groups is 1. The van der Waals surface area contributed by atoms with Gasteiger partial charge in [-0.2, -0.15) is 0 Å². The van der Waals surface area contributed by atoms with E-state index in [4.69, 9.17) is 17.2 Å². The second-order valence-corrected chi connectivity index (χ2v) is 4.72. The van der Waals surface area contributed by atoms with Crippen LogP contribution in [0, 0.1) is 5.92 Å². The molecule has 0 aliphatic heterocycles. The van der Waals surface area contributed by atoms with Crippen molar-refractivity contribution in [2.45, 2.75) is 33.6 Å². The predicted octanol–water partition coefficient (Wildman–Crippen LogP) is 2.60. The van der Waals surface area contributed by atoms with E-state index in [0.29, 0.717) is 30.3 Å². The molecule has 0 fully saturated rings. The first kappa shape index (κ1) is 18.0. The van der Waals surface area contributed by atoms with Crippen LogP contribution in [0.2, 0.25) is 0 Å². The summed E-state index contributed by atoms with van der Waals surface area (Å²) in [5.74, 6) is 0.821. The second kappa shape index (κ2) is 9.89. The van der Waals surface area contributed by atoms with Crippen LogP contribution in [-0.4, -0.2) is 12.4 Å². The molecule has 0 aliphatic carbocycles. The third-order valence-corrected chi connectivity index (χ3v) is 3.05. The Morgan fingerprint density at radius 1 is 1.25 bits per heavy atom. The quantitative estimate of drug-likeness (QED) is 0.361. The molecule has 4 heteroatoms. The first-order valence-electron chi connectivity index (χ1n) is 7.00. The Labute approximate surface area is 122 Å². The summed E-state index contributed by atoms with van der Waals surface area (Å²) < 4.78 is 0. The van der Waals surface area contributed by atoms with Gasteiger partial charge in [0.15, 0.2) is 0 Å². The lowest BCUT2D eigenvalue weighted by molar-refractivity contribution is 0.697. The van der Waals surface area contributed by atoms with Crippen LogP contribution in [0.3, 0.4) is 0 Å². The zero-order valence-corrected chi connectivity index (χ0v) is 12.9. The van der Waals surface area contributed by atoms with E-state index in [0.717, 1.165) is 12.0 Å². The van der Waals surface area contributed by atoms with Crippen LogP contribution in [0.15, 0.2) is 52.8 Å². The molecule has 0 aromatic rings.